The van der Waals surface area contributed by atoms with Gasteiger partial charge in [-0.1, -0.05) is 40.9 Å². The first-order chi connectivity index (χ1) is 14.3. The fourth-order valence-corrected chi connectivity index (χ4v) is 4.90. The van der Waals surface area contributed by atoms with Crippen molar-refractivity contribution < 1.29 is 13.2 Å². The third-order valence-corrected chi connectivity index (χ3v) is 7.47. The Hall–Kier alpha value is -2.31. The number of carbonyl (C=O) groups is 1. The van der Waals surface area contributed by atoms with E-state index in [9.17, 15) is 13.2 Å². The summed E-state index contributed by atoms with van der Waals surface area (Å²) in [5, 5.41) is 3.12. The van der Waals surface area contributed by atoms with Gasteiger partial charge in [-0.3, -0.25) is 9.10 Å². The van der Waals surface area contributed by atoms with E-state index in [2.05, 4.69) is 11.4 Å². The number of allylic oxidation sites excluding steroid dienone is 1. The average molecular weight is 447 g/mol. The quantitative estimate of drug-likeness (QED) is 0.602. The van der Waals surface area contributed by atoms with Crippen molar-refractivity contribution in [3.05, 3.63) is 70.3 Å². The zero-order valence-electron chi connectivity index (χ0n) is 17.3. The minimum absolute atomic E-state index is 0.200. The first-order valence-corrected chi connectivity index (χ1v) is 11.9. The van der Waals surface area contributed by atoms with Gasteiger partial charge in [0.1, 0.15) is 0 Å². The topological polar surface area (TPSA) is 66.5 Å². The molecule has 2 aromatic rings. The predicted molar refractivity (Wildman–Crippen MR) is 122 cm³/mol. The molecule has 0 aliphatic heterocycles. The lowest BCUT2D eigenvalue weighted by atomic mass is 9.97. The Labute approximate surface area is 183 Å². The van der Waals surface area contributed by atoms with E-state index in [-0.39, 0.29) is 15.8 Å². The van der Waals surface area contributed by atoms with Crippen LogP contribution >= 0.6 is 11.6 Å². The van der Waals surface area contributed by atoms with E-state index in [0.29, 0.717) is 17.8 Å². The lowest BCUT2D eigenvalue weighted by Gasteiger charge is -2.20. The molecule has 3 rings (SSSR count). The number of hydrogen-bond acceptors (Lipinski definition) is 3. The zero-order chi connectivity index (χ0) is 21.7. The van der Waals surface area contributed by atoms with Gasteiger partial charge in [-0.2, -0.15) is 0 Å². The number of hydrogen-bond donors (Lipinski definition) is 1. The average Bonchev–Trinajstić information content (AvgIpc) is 2.74. The van der Waals surface area contributed by atoms with Gasteiger partial charge in [0.15, 0.2) is 0 Å². The molecule has 160 valence electrons. The molecule has 0 spiro atoms. The van der Waals surface area contributed by atoms with Crippen LogP contribution in [0.1, 0.15) is 48.0 Å². The first kappa shape index (κ1) is 22.4. The van der Waals surface area contributed by atoms with Crippen molar-refractivity contribution in [2.45, 2.75) is 43.9 Å². The Balaban J connectivity index is 1.68. The SMILES string of the molecule is Cc1ccc(S(=O)(=O)N(C)c2ccc(C(=O)NCCC3=CCCCC3)c(Cl)c2)cc1. The van der Waals surface area contributed by atoms with Crippen LogP contribution in [0.5, 0.6) is 0 Å². The van der Waals surface area contributed by atoms with E-state index >= 15 is 0 Å². The van der Waals surface area contributed by atoms with Crippen molar-refractivity contribution >= 4 is 33.2 Å². The van der Waals surface area contributed by atoms with Crippen LogP contribution in [-0.2, 0) is 10.0 Å². The lowest BCUT2D eigenvalue weighted by molar-refractivity contribution is 0.0954. The maximum atomic E-state index is 12.9. The van der Waals surface area contributed by atoms with Crippen LogP contribution in [0.15, 0.2) is 59.0 Å². The molecule has 0 fully saturated rings. The first-order valence-electron chi connectivity index (χ1n) is 10.1. The molecule has 0 heterocycles. The number of rotatable bonds is 7. The van der Waals surface area contributed by atoms with Crippen LogP contribution in [-0.4, -0.2) is 27.9 Å². The highest BCUT2D eigenvalue weighted by Crippen LogP contribution is 2.27. The summed E-state index contributed by atoms with van der Waals surface area (Å²) in [6.45, 7) is 2.46. The molecule has 0 bridgehead atoms. The fraction of sp³-hybridized carbons (Fsp3) is 0.348. The third kappa shape index (κ3) is 5.24. The second-order valence-corrected chi connectivity index (χ2v) is 9.94. The van der Waals surface area contributed by atoms with E-state index in [1.54, 1.807) is 36.4 Å². The van der Waals surface area contributed by atoms with E-state index in [1.807, 2.05) is 6.92 Å². The fourth-order valence-electron chi connectivity index (χ4n) is 3.45. The molecule has 7 heteroatoms. The molecule has 1 aliphatic carbocycles. The van der Waals surface area contributed by atoms with E-state index in [1.165, 1.54) is 35.8 Å². The molecule has 1 N–H and O–H groups in total. The second kappa shape index (κ2) is 9.67. The molecular formula is C23H27ClN2O3S. The van der Waals surface area contributed by atoms with Gasteiger partial charge in [0, 0.05) is 13.6 Å². The summed E-state index contributed by atoms with van der Waals surface area (Å²) >= 11 is 6.32. The summed E-state index contributed by atoms with van der Waals surface area (Å²) in [4.78, 5) is 12.7. The van der Waals surface area contributed by atoms with Crippen molar-refractivity contribution in [2.24, 2.45) is 0 Å². The largest absolute Gasteiger partial charge is 0.352 e. The van der Waals surface area contributed by atoms with Crippen molar-refractivity contribution in [1.29, 1.82) is 0 Å². The molecule has 2 aromatic carbocycles. The van der Waals surface area contributed by atoms with E-state index in [4.69, 9.17) is 11.6 Å². The number of anilines is 1. The van der Waals surface area contributed by atoms with Crippen molar-refractivity contribution in [1.82, 2.24) is 5.32 Å². The zero-order valence-corrected chi connectivity index (χ0v) is 18.9. The minimum atomic E-state index is -3.72. The number of sulfonamides is 1. The molecule has 1 aliphatic rings. The molecule has 0 radical (unpaired) electrons. The van der Waals surface area contributed by atoms with Crippen molar-refractivity contribution in [2.75, 3.05) is 17.9 Å². The van der Waals surface area contributed by atoms with Gasteiger partial charge in [0.25, 0.3) is 15.9 Å². The Kier molecular flexibility index (Phi) is 7.21. The molecular weight excluding hydrogens is 420 g/mol. The minimum Gasteiger partial charge on any atom is -0.352 e. The monoisotopic (exact) mass is 446 g/mol. The van der Waals surface area contributed by atoms with Crippen LogP contribution in [0.4, 0.5) is 5.69 Å². The normalized spacial score (nSPS) is 14.2. The van der Waals surface area contributed by atoms with Gasteiger partial charge in [-0.05, 0) is 69.4 Å². The number of nitrogens with zero attached hydrogens (tertiary/aromatic N) is 1. The lowest BCUT2D eigenvalue weighted by Crippen LogP contribution is -2.27. The van der Waals surface area contributed by atoms with Crippen molar-refractivity contribution in [3.8, 4) is 0 Å². The van der Waals surface area contributed by atoms with E-state index in [0.717, 1.165) is 24.8 Å². The molecule has 30 heavy (non-hydrogen) atoms. The van der Waals surface area contributed by atoms with Gasteiger partial charge in [-0.15, -0.1) is 0 Å². The summed E-state index contributed by atoms with van der Waals surface area (Å²) in [6, 6.07) is 11.3. The summed E-state index contributed by atoms with van der Waals surface area (Å²) < 4.78 is 26.9. The molecule has 5 nitrogen and oxygen atoms in total. The molecule has 0 unspecified atom stereocenters. The molecule has 0 atom stereocenters. The molecule has 1 amide bonds. The number of aryl methyl sites for hydroxylation is 1. The van der Waals surface area contributed by atoms with Crippen LogP contribution in [0.2, 0.25) is 5.02 Å². The Morgan fingerprint density at radius 2 is 1.87 bits per heavy atom. The number of nitrogens with one attached hydrogen (secondary N) is 1. The van der Waals surface area contributed by atoms with Gasteiger partial charge < -0.3 is 5.32 Å². The third-order valence-electron chi connectivity index (χ3n) is 5.36. The van der Waals surface area contributed by atoms with Crippen LogP contribution < -0.4 is 9.62 Å². The van der Waals surface area contributed by atoms with Crippen LogP contribution in [0.3, 0.4) is 0 Å². The van der Waals surface area contributed by atoms with Gasteiger partial charge in [0.2, 0.25) is 0 Å². The molecule has 0 aromatic heterocycles. The highest BCUT2D eigenvalue weighted by molar-refractivity contribution is 7.92. The number of carbonyl (C=O) groups excluding carboxylic acids is 1. The van der Waals surface area contributed by atoms with Crippen LogP contribution in [0, 0.1) is 6.92 Å². The summed E-state index contributed by atoms with van der Waals surface area (Å²) in [7, 11) is -2.25. The number of benzene rings is 2. The number of amides is 1. The predicted octanol–water partition coefficient (Wildman–Crippen LogP) is 5.09. The second-order valence-electron chi connectivity index (χ2n) is 7.56. The maximum Gasteiger partial charge on any atom is 0.264 e. The standard InChI is InChI=1S/C23H27ClN2O3S/c1-17-8-11-20(12-9-17)30(28,29)26(2)19-10-13-21(22(24)16-19)23(27)25-15-14-18-6-4-3-5-7-18/h6,8-13,16H,3-5,7,14-15H2,1-2H3,(H,25,27). The van der Waals surface area contributed by atoms with Gasteiger partial charge in [0.05, 0.1) is 21.2 Å². The maximum absolute atomic E-state index is 12.9. The summed E-state index contributed by atoms with van der Waals surface area (Å²) in [5.74, 6) is -0.257. The van der Waals surface area contributed by atoms with E-state index < -0.39 is 10.0 Å². The summed E-state index contributed by atoms with van der Waals surface area (Å²) in [6.07, 6.45) is 7.79. The van der Waals surface area contributed by atoms with Crippen LogP contribution in [0.25, 0.3) is 0 Å². The Bertz CT molecular complexity index is 1050. The Morgan fingerprint density at radius 1 is 1.13 bits per heavy atom. The number of halogens is 1. The molecule has 0 saturated carbocycles. The smallest absolute Gasteiger partial charge is 0.264 e. The molecule has 0 saturated heterocycles. The highest BCUT2D eigenvalue weighted by atomic mass is 35.5. The Morgan fingerprint density at radius 3 is 2.50 bits per heavy atom. The van der Waals surface area contributed by atoms with Gasteiger partial charge >= 0.3 is 0 Å². The van der Waals surface area contributed by atoms with Crippen molar-refractivity contribution in [3.63, 3.8) is 0 Å². The summed E-state index contributed by atoms with van der Waals surface area (Å²) in [5.41, 5.74) is 3.10. The van der Waals surface area contributed by atoms with Gasteiger partial charge in [-0.25, -0.2) is 8.42 Å². The highest BCUT2D eigenvalue weighted by Gasteiger charge is 2.22.